The van der Waals surface area contributed by atoms with Crippen LogP contribution in [0.2, 0.25) is 0 Å². The van der Waals surface area contributed by atoms with Crippen molar-refractivity contribution in [2.45, 2.75) is 38.3 Å². The Morgan fingerprint density at radius 1 is 1.29 bits per heavy atom. The Morgan fingerprint density at radius 2 is 2.00 bits per heavy atom. The first-order valence-electron chi connectivity index (χ1n) is 6.82. The predicted molar refractivity (Wildman–Crippen MR) is 73.0 cm³/mol. The topological polar surface area (TPSA) is 6.48 Å². The third-order valence-corrected chi connectivity index (χ3v) is 5.01. The van der Waals surface area contributed by atoms with Crippen molar-refractivity contribution < 1.29 is 4.39 Å². The van der Waals surface area contributed by atoms with Crippen LogP contribution in [-0.4, -0.2) is 53.9 Å². The zero-order valence-electron chi connectivity index (χ0n) is 11.1. The lowest BCUT2D eigenvalue weighted by atomic mass is 9.92. The molecular weight excluding hydrogens is 235 g/mol. The molecule has 0 aromatic carbocycles. The Hall–Kier alpha value is 0.200. The minimum atomic E-state index is -0.927. The molecule has 0 aliphatic carbocycles. The fourth-order valence-corrected chi connectivity index (χ4v) is 3.61. The molecule has 0 bridgehead atoms. The highest BCUT2D eigenvalue weighted by Crippen LogP contribution is 2.31. The Bertz CT molecular complexity index is 242. The van der Waals surface area contributed by atoms with Crippen molar-refractivity contribution >= 4 is 11.9 Å². The molecule has 4 heteroatoms. The first-order chi connectivity index (χ1) is 8.11. The van der Waals surface area contributed by atoms with E-state index in [1.165, 1.54) is 12.8 Å². The van der Waals surface area contributed by atoms with Gasteiger partial charge in [-0.15, -0.1) is 0 Å². The van der Waals surface area contributed by atoms with Gasteiger partial charge in [-0.2, -0.15) is 0 Å². The Balaban J connectivity index is 1.81. The number of piperidine rings is 2. The average molecular weight is 260 g/mol. The number of halogens is 1. The van der Waals surface area contributed by atoms with Crippen molar-refractivity contribution in [1.29, 1.82) is 0 Å². The number of alkyl halides is 1. The molecular formula is C13H25FN2S. The van der Waals surface area contributed by atoms with Crippen LogP contribution in [-0.2, 0) is 0 Å². The molecule has 2 rings (SSSR count). The van der Waals surface area contributed by atoms with Gasteiger partial charge >= 0.3 is 0 Å². The summed E-state index contributed by atoms with van der Waals surface area (Å²) in [6, 6.07) is 0. The van der Waals surface area contributed by atoms with Crippen molar-refractivity contribution in [1.82, 2.24) is 9.21 Å². The molecule has 0 saturated carbocycles. The van der Waals surface area contributed by atoms with E-state index < -0.39 is 5.67 Å². The molecule has 0 unspecified atom stereocenters. The maximum atomic E-state index is 14.7. The molecule has 0 amide bonds. The first-order valence-corrected chi connectivity index (χ1v) is 8.00. The molecule has 2 heterocycles. The fraction of sp³-hybridized carbons (Fsp3) is 1.00. The van der Waals surface area contributed by atoms with Gasteiger partial charge in [0.1, 0.15) is 5.67 Å². The minimum Gasteiger partial charge on any atom is -0.300 e. The molecule has 1 atom stereocenters. The highest BCUT2D eigenvalue weighted by atomic mass is 32.2. The summed E-state index contributed by atoms with van der Waals surface area (Å²) in [5.74, 6) is 0.749. The maximum Gasteiger partial charge on any atom is 0.126 e. The SMILES string of the molecule is CSN1CCC(F)(CN2CCC[C@H](C)C2)CC1. The van der Waals surface area contributed by atoms with Crippen LogP contribution >= 0.6 is 11.9 Å². The number of hydrogen-bond acceptors (Lipinski definition) is 3. The third-order valence-electron chi connectivity index (χ3n) is 4.12. The summed E-state index contributed by atoms with van der Waals surface area (Å²) >= 11 is 1.75. The van der Waals surface area contributed by atoms with Crippen molar-refractivity contribution in [2.75, 3.05) is 39.0 Å². The minimum absolute atomic E-state index is 0.666. The second kappa shape index (κ2) is 5.89. The van der Waals surface area contributed by atoms with Crippen LogP contribution in [0.5, 0.6) is 0 Å². The molecule has 2 saturated heterocycles. The van der Waals surface area contributed by atoms with E-state index in [2.05, 4.69) is 22.4 Å². The van der Waals surface area contributed by atoms with Crippen LogP contribution in [0, 0.1) is 5.92 Å². The monoisotopic (exact) mass is 260 g/mol. The third kappa shape index (κ3) is 3.83. The molecule has 0 spiro atoms. The van der Waals surface area contributed by atoms with Crippen LogP contribution in [0.4, 0.5) is 4.39 Å². The molecule has 2 aliphatic heterocycles. The average Bonchev–Trinajstić information content (AvgIpc) is 2.29. The van der Waals surface area contributed by atoms with E-state index in [0.29, 0.717) is 19.4 Å². The summed E-state index contributed by atoms with van der Waals surface area (Å²) < 4.78 is 17.0. The lowest BCUT2D eigenvalue weighted by molar-refractivity contribution is 0.0321. The summed E-state index contributed by atoms with van der Waals surface area (Å²) in [7, 11) is 0. The number of rotatable bonds is 3. The highest BCUT2D eigenvalue weighted by molar-refractivity contribution is 7.96. The number of hydrogen-bond donors (Lipinski definition) is 0. The fourth-order valence-electron chi connectivity index (χ4n) is 3.06. The lowest BCUT2D eigenvalue weighted by Crippen LogP contribution is -2.48. The highest BCUT2D eigenvalue weighted by Gasteiger charge is 2.36. The van der Waals surface area contributed by atoms with Gasteiger partial charge in [0.15, 0.2) is 0 Å². The van der Waals surface area contributed by atoms with E-state index in [0.717, 1.165) is 32.1 Å². The summed E-state index contributed by atoms with van der Waals surface area (Å²) in [5.41, 5.74) is -0.927. The summed E-state index contributed by atoms with van der Waals surface area (Å²) in [6.45, 7) is 6.95. The summed E-state index contributed by atoms with van der Waals surface area (Å²) in [4.78, 5) is 2.35. The molecule has 0 radical (unpaired) electrons. The van der Waals surface area contributed by atoms with Gasteiger partial charge in [-0.3, -0.25) is 9.21 Å². The van der Waals surface area contributed by atoms with Gasteiger partial charge < -0.3 is 0 Å². The Labute approximate surface area is 109 Å². The number of nitrogens with zero attached hydrogens (tertiary/aromatic N) is 2. The molecule has 2 fully saturated rings. The molecule has 100 valence electrons. The van der Waals surface area contributed by atoms with Gasteiger partial charge in [0.25, 0.3) is 0 Å². The molecule has 0 aromatic heterocycles. The van der Waals surface area contributed by atoms with Gasteiger partial charge in [-0.05, 0) is 44.4 Å². The van der Waals surface area contributed by atoms with Crippen molar-refractivity contribution in [3.05, 3.63) is 0 Å². The zero-order valence-corrected chi connectivity index (χ0v) is 11.9. The van der Waals surface area contributed by atoms with Crippen LogP contribution < -0.4 is 0 Å². The van der Waals surface area contributed by atoms with Gasteiger partial charge in [-0.25, -0.2) is 4.39 Å². The van der Waals surface area contributed by atoms with Crippen LogP contribution in [0.15, 0.2) is 0 Å². The Kier molecular flexibility index (Phi) is 4.72. The molecule has 2 nitrogen and oxygen atoms in total. The second-order valence-electron chi connectivity index (χ2n) is 5.75. The maximum absolute atomic E-state index is 14.7. The smallest absolute Gasteiger partial charge is 0.126 e. The molecule has 17 heavy (non-hydrogen) atoms. The largest absolute Gasteiger partial charge is 0.300 e. The van der Waals surface area contributed by atoms with E-state index in [4.69, 9.17) is 0 Å². The van der Waals surface area contributed by atoms with E-state index in [9.17, 15) is 4.39 Å². The quantitative estimate of drug-likeness (QED) is 0.721. The number of likely N-dealkylation sites (tertiary alicyclic amines) is 1. The van der Waals surface area contributed by atoms with Gasteiger partial charge in [-0.1, -0.05) is 18.9 Å². The summed E-state index contributed by atoms with van der Waals surface area (Å²) in [5, 5.41) is 0. The van der Waals surface area contributed by atoms with Crippen LogP contribution in [0.25, 0.3) is 0 Å². The van der Waals surface area contributed by atoms with Crippen molar-refractivity contribution in [3.63, 3.8) is 0 Å². The molecule has 2 aliphatic rings. The predicted octanol–water partition coefficient (Wildman–Crippen LogP) is 2.80. The van der Waals surface area contributed by atoms with E-state index >= 15 is 0 Å². The van der Waals surface area contributed by atoms with Crippen molar-refractivity contribution in [2.24, 2.45) is 5.92 Å². The van der Waals surface area contributed by atoms with Gasteiger partial charge in [0, 0.05) is 26.2 Å². The van der Waals surface area contributed by atoms with Gasteiger partial charge in [0.2, 0.25) is 0 Å². The van der Waals surface area contributed by atoms with E-state index in [1.807, 2.05) is 0 Å². The van der Waals surface area contributed by atoms with Gasteiger partial charge in [0.05, 0.1) is 0 Å². The normalized spacial score (nSPS) is 31.6. The first kappa shape index (κ1) is 13.6. The zero-order chi connectivity index (χ0) is 12.3. The van der Waals surface area contributed by atoms with E-state index in [-0.39, 0.29) is 0 Å². The van der Waals surface area contributed by atoms with Crippen molar-refractivity contribution in [3.8, 4) is 0 Å². The standard InChI is InChI=1S/C13H25FN2S/c1-12-4-3-7-15(10-12)11-13(14)5-8-16(17-2)9-6-13/h12H,3-11H2,1-2H3/t12-/m0/s1. The lowest BCUT2D eigenvalue weighted by Gasteiger charge is -2.40. The van der Waals surface area contributed by atoms with E-state index in [1.54, 1.807) is 11.9 Å². The van der Waals surface area contributed by atoms with Crippen LogP contribution in [0.1, 0.15) is 32.6 Å². The Morgan fingerprint density at radius 3 is 2.59 bits per heavy atom. The molecule has 0 N–H and O–H groups in total. The molecule has 0 aromatic rings. The summed E-state index contributed by atoms with van der Waals surface area (Å²) in [6.07, 6.45) is 6.05. The second-order valence-corrected chi connectivity index (χ2v) is 6.63. The van der Waals surface area contributed by atoms with Crippen LogP contribution in [0.3, 0.4) is 0 Å².